The molecule has 4 heteroatoms. The van der Waals surface area contributed by atoms with E-state index in [0.717, 1.165) is 21.7 Å². The fraction of sp³-hybridized carbons (Fsp3) is 0.138. The molecule has 164 valence electrons. The number of amides is 1. The van der Waals surface area contributed by atoms with E-state index in [1.165, 1.54) is 0 Å². The van der Waals surface area contributed by atoms with Crippen molar-refractivity contribution in [3.8, 4) is 0 Å². The molecule has 0 unspecified atom stereocenters. The van der Waals surface area contributed by atoms with Gasteiger partial charge in [-0.25, -0.2) is 0 Å². The summed E-state index contributed by atoms with van der Waals surface area (Å²) in [4.78, 5) is 13.5. The molecule has 0 saturated carbocycles. The van der Waals surface area contributed by atoms with E-state index in [-0.39, 0.29) is 5.91 Å². The van der Waals surface area contributed by atoms with Crippen LogP contribution in [0, 0.1) is 0 Å². The van der Waals surface area contributed by atoms with Crippen molar-refractivity contribution in [2.24, 2.45) is 0 Å². The van der Waals surface area contributed by atoms with Gasteiger partial charge in [-0.1, -0.05) is 0 Å². The van der Waals surface area contributed by atoms with Gasteiger partial charge in [0.2, 0.25) is 0 Å². The van der Waals surface area contributed by atoms with Crippen molar-refractivity contribution in [2.75, 3.05) is 0 Å². The van der Waals surface area contributed by atoms with Crippen LogP contribution in [0.15, 0.2) is 115 Å². The fourth-order valence-corrected chi connectivity index (χ4v) is 12.8. The topological polar surface area (TPSA) is 38.3 Å². The monoisotopic (exact) mass is 451 g/mol. The van der Waals surface area contributed by atoms with Crippen LogP contribution in [-0.2, 0) is 10.1 Å². The number of hydrogen-bond donors (Lipinski definition) is 1. The summed E-state index contributed by atoms with van der Waals surface area (Å²) in [5, 5.41) is 5.08. The number of benzene rings is 4. The third kappa shape index (κ3) is 2.15. The molecule has 0 atom stereocenters. The number of nitrogens with one attached hydrogen (secondary N) is 1. The van der Waals surface area contributed by atoms with Crippen molar-refractivity contribution < 1.29 is 9.32 Å². The van der Waals surface area contributed by atoms with Crippen LogP contribution in [0.1, 0.15) is 35.3 Å². The van der Waals surface area contributed by atoms with Crippen molar-refractivity contribution in [1.82, 2.24) is 5.09 Å². The molecular weight excluding hydrogens is 425 g/mol. The molecule has 4 aromatic carbocycles. The molecule has 1 N–H and O–H groups in total. The maximum atomic E-state index is 13.5. The number of rotatable bonds is 3. The van der Waals surface area contributed by atoms with Gasteiger partial charge in [0.25, 0.3) is 0 Å². The molecule has 3 nitrogen and oxygen atoms in total. The predicted molar refractivity (Wildman–Crippen MR) is 135 cm³/mol. The molecule has 1 fully saturated rings. The van der Waals surface area contributed by atoms with E-state index in [9.17, 15) is 4.79 Å². The van der Waals surface area contributed by atoms with Crippen molar-refractivity contribution >= 4 is 23.5 Å². The normalized spacial score (nSPS) is 21.8. The third-order valence-corrected chi connectivity index (χ3v) is 14.1. The Hall–Kier alpha value is -3.26. The molecule has 2 aliphatic rings. The predicted octanol–water partition coefficient (Wildman–Crippen LogP) is 5.52. The average Bonchev–Trinajstić information content (AvgIpc) is 3.16. The molecule has 2 heterocycles. The van der Waals surface area contributed by atoms with E-state index in [0.29, 0.717) is 5.56 Å². The van der Waals surface area contributed by atoms with E-state index >= 15 is 0 Å². The SMILES string of the molecule is CC1(C)C(c2ccccc2)(c2ccccc2)OP12(c1ccccc1)NC(=O)c1ccccc12. The minimum absolute atomic E-state index is 0.0603. The van der Waals surface area contributed by atoms with Gasteiger partial charge >= 0.3 is 194 Å². The van der Waals surface area contributed by atoms with Gasteiger partial charge in [0.15, 0.2) is 0 Å². The molecule has 6 rings (SSSR count). The Labute approximate surface area is 194 Å². The van der Waals surface area contributed by atoms with Gasteiger partial charge < -0.3 is 0 Å². The third-order valence-electron chi connectivity index (χ3n) is 7.78. The van der Waals surface area contributed by atoms with Gasteiger partial charge in [-0.05, 0) is 0 Å². The van der Waals surface area contributed by atoms with Gasteiger partial charge in [0, 0.05) is 0 Å². The molecule has 0 aliphatic carbocycles. The minimum atomic E-state index is -3.64. The quantitative estimate of drug-likeness (QED) is 0.417. The second-order valence-electron chi connectivity index (χ2n) is 9.39. The summed E-state index contributed by atoms with van der Waals surface area (Å²) >= 11 is 0. The molecule has 1 amide bonds. The molecule has 0 bridgehead atoms. The molecular formula is C29H26NO2P. The summed E-state index contributed by atoms with van der Waals surface area (Å²) in [6.07, 6.45) is 0. The molecule has 0 aromatic heterocycles. The van der Waals surface area contributed by atoms with Crippen molar-refractivity contribution in [3.63, 3.8) is 0 Å². The Morgan fingerprint density at radius 1 is 0.667 bits per heavy atom. The molecule has 1 saturated heterocycles. The zero-order valence-corrected chi connectivity index (χ0v) is 19.6. The number of carbonyl (C=O) groups is 1. The van der Waals surface area contributed by atoms with Crippen LogP contribution < -0.4 is 15.7 Å². The summed E-state index contributed by atoms with van der Waals surface area (Å²) in [5.74, 6) is -0.0603. The Balaban J connectivity index is 1.74. The van der Waals surface area contributed by atoms with E-state index in [4.69, 9.17) is 4.52 Å². The second kappa shape index (κ2) is 6.63. The number of hydrogen-bond acceptors (Lipinski definition) is 2. The fourth-order valence-electron chi connectivity index (χ4n) is 6.24. The van der Waals surface area contributed by atoms with Crippen molar-refractivity contribution in [1.29, 1.82) is 0 Å². The first-order valence-corrected chi connectivity index (χ1v) is 13.4. The first-order valence-electron chi connectivity index (χ1n) is 11.3. The van der Waals surface area contributed by atoms with Gasteiger partial charge in [-0.15, -0.1) is 0 Å². The van der Waals surface area contributed by atoms with Crippen LogP contribution in [0.4, 0.5) is 0 Å². The molecule has 1 spiro atoms. The first-order chi connectivity index (χ1) is 16.0. The standard InChI is InChI=1S/C29H26NO2P/c1-28(2)29(22-14-6-3-7-15-22,23-16-8-4-9-17-23)32-33(28,24-18-10-5-11-19-24)26-21-13-12-20-25(26)27(31)30-33/h3-21H,1-2H3,(H,30,31). The average molecular weight is 452 g/mol. The number of carbonyl (C=O) groups excluding carboxylic acids is 1. The van der Waals surface area contributed by atoms with Crippen LogP contribution in [0.5, 0.6) is 0 Å². The Morgan fingerprint density at radius 2 is 1.15 bits per heavy atom. The van der Waals surface area contributed by atoms with E-state index in [1.807, 2.05) is 48.5 Å². The van der Waals surface area contributed by atoms with Crippen LogP contribution in [0.25, 0.3) is 0 Å². The van der Waals surface area contributed by atoms with Gasteiger partial charge in [-0.3, -0.25) is 0 Å². The summed E-state index contributed by atoms with van der Waals surface area (Å²) < 4.78 is 7.53. The van der Waals surface area contributed by atoms with E-state index in [1.54, 1.807) is 0 Å². The molecule has 4 aromatic rings. The van der Waals surface area contributed by atoms with E-state index < -0.39 is 17.7 Å². The van der Waals surface area contributed by atoms with Crippen LogP contribution in [0.3, 0.4) is 0 Å². The Morgan fingerprint density at radius 3 is 1.70 bits per heavy atom. The summed E-state index contributed by atoms with van der Waals surface area (Å²) in [7, 11) is 0. The van der Waals surface area contributed by atoms with Gasteiger partial charge in [-0.2, -0.15) is 0 Å². The summed E-state index contributed by atoms with van der Waals surface area (Å²) in [6, 6.07) is 39.1. The zero-order valence-electron chi connectivity index (χ0n) is 18.7. The molecule has 33 heavy (non-hydrogen) atoms. The summed E-state index contributed by atoms with van der Waals surface area (Å²) in [6.45, 7) is 0.897. The van der Waals surface area contributed by atoms with Crippen molar-refractivity contribution in [3.05, 3.63) is 132 Å². The molecule has 2 aliphatic heterocycles. The maximum absolute atomic E-state index is 13.5. The van der Waals surface area contributed by atoms with Crippen LogP contribution in [0.2, 0.25) is 0 Å². The Bertz CT molecular complexity index is 1330. The second-order valence-corrected chi connectivity index (χ2v) is 14.0. The molecule has 0 radical (unpaired) electrons. The van der Waals surface area contributed by atoms with Gasteiger partial charge in [0.1, 0.15) is 0 Å². The van der Waals surface area contributed by atoms with Crippen molar-refractivity contribution in [2.45, 2.75) is 24.6 Å². The Kier molecular flexibility index (Phi) is 4.09. The van der Waals surface area contributed by atoms with Gasteiger partial charge in [0.05, 0.1) is 0 Å². The van der Waals surface area contributed by atoms with Crippen LogP contribution in [-0.4, -0.2) is 11.1 Å². The number of fused-ring (bicyclic) bond motifs is 2. The van der Waals surface area contributed by atoms with E-state index in [2.05, 4.69) is 85.7 Å². The summed E-state index contributed by atoms with van der Waals surface area (Å²) in [5.41, 5.74) is 2.16. The van der Waals surface area contributed by atoms with Crippen LogP contribution >= 0.6 is 6.98 Å². The first kappa shape index (κ1) is 20.4. The zero-order chi connectivity index (χ0) is 22.8.